The Morgan fingerprint density at radius 2 is 1.70 bits per heavy atom. The standard InChI is InChI=1S/C32H33F4N3O3S/c1-18-25(22-7-5-21(6-8-22)23-9-12-30-29(15-23)37-19(2)39(30)3)13-20(17-43(4,41)42)14-26(18)31(40)38-28-11-10-24(16-27(28)33)32(34,35)36/h5-12,15-16,18,20,25-26H,13-14,17H2,1-4H3,(H,38,40)/t18-,20?,25?,26?/m1/s1. The molecule has 0 radical (unpaired) electrons. The maximum Gasteiger partial charge on any atom is 0.416 e. The summed E-state index contributed by atoms with van der Waals surface area (Å²) in [6.07, 6.45) is -2.75. The molecule has 1 fully saturated rings. The van der Waals surface area contributed by atoms with E-state index < -0.39 is 39.2 Å². The molecular formula is C32H33F4N3O3S. The number of alkyl halides is 3. The third-order valence-electron chi connectivity index (χ3n) is 8.65. The van der Waals surface area contributed by atoms with E-state index in [1.807, 2.05) is 67.9 Å². The van der Waals surface area contributed by atoms with Gasteiger partial charge in [0.15, 0.2) is 0 Å². The maximum atomic E-state index is 14.5. The van der Waals surface area contributed by atoms with Gasteiger partial charge in [0.1, 0.15) is 21.5 Å². The second-order valence-corrected chi connectivity index (χ2v) is 13.9. The number of carbonyl (C=O) groups is 1. The van der Waals surface area contributed by atoms with Gasteiger partial charge < -0.3 is 9.88 Å². The Morgan fingerprint density at radius 1 is 1.02 bits per heavy atom. The van der Waals surface area contributed by atoms with E-state index in [0.29, 0.717) is 18.6 Å². The highest BCUT2D eigenvalue weighted by atomic mass is 32.2. The number of benzene rings is 3. The average Bonchev–Trinajstić information content (AvgIpc) is 3.21. The van der Waals surface area contributed by atoms with Gasteiger partial charge >= 0.3 is 6.18 Å². The van der Waals surface area contributed by atoms with Gasteiger partial charge in [-0.3, -0.25) is 4.79 Å². The van der Waals surface area contributed by atoms with Crippen molar-refractivity contribution in [2.24, 2.45) is 24.8 Å². The summed E-state index contributed by atoms with van der Waals surface area (Å²) in [6, 6.07) is 16.0. The number of nitrogens with one attached hydrogen (secondary N) is 1. The van der Waals surface area contributed by atoms with E-state index in [0.717, 1.165) is 45.9 Å². The zero-order valence-corrected chi connectivity index (χ0v) is 25.1. The molecule has 0 saturated heterocycles. The number of imidazole rings is 1. The minimum absolute atomic E-state index is 0.101. The number of anilines is 1. The third kappa shape index (κ3) is 6.61. The molecule has 0 spiro atoms. The van der Waals surface area contributed by atoms with E-state index in [1.54, 1.807) is 0 Å². The fraction of sp³-hybridized carbons (Fsp3) is 0.375. The fourth-order valence-electron chi connectivity index (χ4n) is 6.31. The number of halogens is 4. The zero-order chi connectivity index (χ0) is 31.3. The molecule has 1 aromatic heterocycles. The van der Waals surface area contributed by atoms with Crippen LogP contribution < -0.4 is 5.32 Å². The minimum atomic E-state index is -4.72. The van der Waals surface area contributed by atoms with Crippen LogP contribution in [-0.4, -0.2) is 35.9 Å². The average molecular weight is 616 g/mol. The Bertz CT molecular complexity index is 1780. The molecule has 5 rings (SSSR count). The summed E-state index contributed by atoms with van der Waals surface area (Å²) in [4.78, 5) is 18.0. The molecule has 1 amide bonds. The zero-order valence-electron chi connectivity index (χ0n) is 24.2. The van der Waals surface area contributed by atoms with E-state index in [9.17, 15) is 30.8 Å². The summed E-state index contributed by atoms with van der Waals surface area (Å²) in [7, 11) is -1.38. The number of hydrogen-bond donors (Lipinski definition) is 1. The Balaban J connectivity index is 1.40. The summed E-state index contributed by atoms with van der Waals surface area (Å²) in [5, 5.41) is 2.46. The number of rotatable bonds is 6. The highest BCUT2D eigenvalue weighted by Crippen LogP contribution is 2.45. The number of carbonyl (C=O) groups excluding carboxylic acids is 1. The van der Waals surface area contributed by atoms with Gasteiger partial charge in [0.2, 0.25) is 5.91 Å². The molecule has 6 nitrogen and oxygen atoms in total. The Labute approximate surface area is 248 Å². The molecule has 3 unspecified atom stereocenters. The molecule has 43 heavy (non-hydrogen) atoms. The highest BCUT2D eigenvalue weighted by Gasteiger charge is 2.41. The van der Waals surface area contributed by atoms with E-state index >= 15 is 0 Å². The van der Waals surface area contributed by atoms with Crippen molar-refractivity contribution in [2.45, 2.75) is 38.8 Å². The number of amides is 1. The molecule has 4 aromatic rings. The van der Waals surface area contributed by atoms with Crippen LogP contribution in [0.15, 0.2) is 60.7 Å². The second kappa shape index (κ2) is 11.4. The first-order chi connectivity index (χ1) is 20.1. The predicted molar refractivity (Wildman–Crippen MR) is 159 cm³/mol. The van der Waals surface area contributed by atoms with Crippen molar-refractivity contribution in [3.63, 3.8) is 0 Å². The van der Waals surface area contributed by atoms with Crippen molar-refractivity contribution in [2.75, 3.05) is 17.3 Å². The van der Waals surface area contributed by atoms with Crippen LogP contribution in [0.2, 0.25) is 0 Å². The normalized spacial score (nSPS) is 21.2. The first kappa shape index (κ1) is 30.7. The SMILES string of the molecule is Cc1nc2cc(-c3ccc(C4CC(CS(C)(=O)=O)CC(C(=O)Nc5ccc(C(F)(F)F)cc5F)[C@@H]4C)cc3)ccc2n1C. The Morgan fingerprint density at radius 3 is 2.33 bits per heavy atom. The van der Waals surface area contributed by atoms with Crippen LogP contribution in [0, 0.1) is 30.5 Å². The van der Waals surface area contributed by atoms with Gasteiger partial charge in [0.05, 0.1) is 28.0 Å². The van der Waals surface area contributed by atoms with Crippen LogP contribution in [0.4, 0.5) is 23.2 Å². The third-order valence-corrected chi connectivity index (χ3v) is 9.73. The van der Waals surface area contributed by atoms with Crippen molar-refractivity contribution in [3.8, 4) is 11.1 Å². The van der Waals surface area contributed by atoms with Gasteiger partial charge in [-0.25, -0.2) is 17.8 Å². The van der Waals surface area contributed by atoms with Gasteiger partial charge in [0.25, 0.3) is 0 Å². The Kier molecular flexibility index (Phi) is 8.15. The lowest BCUT2D eigenvalue weighted by Crippen LogP contribution is -2.39. The van der Waals surface area contributed by atoms with Crippen molar-refractivity contribution in [1.82, 2.24) is 9.55 Å². The van der Waals surface area contributed by atoms with Crippen LogP contribution in [0.5, 0.6) is 0 Å². The number of hydrogen-bond acceptors (Lipinski definition) is 4. The highest BCUT2D eigenvalue weighted by molar-refractivity contribution is 7.90. The van der Waals surface area contributed by atoms with Gasteiger partial charge in [-0.2, -0.15) is 13.2 Å². The van der Waals surface area contributed by atoms with Crippen LogP contribution in [0.25, 0.3) is 22.2 Å². The number of fused-ring (bicyclic) bond motifs is 1. The lowest BCUT2D eigenvalue weighted by molar-refractivity contribution is -0.137. The molecule has 11 heteroatoms. The van der Waals surface area contributed by atoms with Crippen molar-refractivity contribution < 1.29 is 30.8 Å². The van der Waals surface area contributed by atoms with Crippen molar-refractivity contribution >= 4 is 32.5 Å². The summed E-state index contributed by atoms with van der Waals surface area (Å²) < 4.78 is 79.9. The van der Waals surface area contributed by atoms with Gasteiger partial charge in [0, 0.05) is 19.2 Å². The predicted octanol–water partition coefficient (Wildman–Crippen LogP) is 7.14. The smallest absolute Gasteiger partial charge is 0.331 e. The van der Waals surface area contributed by atoms with Crippen molar-refractivity contribution in [1.29, 1.82) is 0 Å². The molecule has 1 aliphatic carbocycles. The molecule has 228 valence electrons. The molecule has 0 bridgehead atoms. The number of aromatic nitrogens is 2. The lowest BCUT2D eigenvalue weighted by Gasteiger charge is -2.40. The topological polar surface area (TPSA) is 81.1 Å². The van der Waals surface area contributed by atoms with E-state index in [-0.39, 0.29) is 35.6 Å². The molecule has 1 heterocycles. The second-order valence-electron chi connectivity index (χ2n) is 11.7. The van der Waals surface area contributed by atoms with E-state index in [2.05, 4.69) is 10.3 Å². The van der Waals surface area contributed by atoms with E-state index in [1.165, 1.54) is 0 Å². The summed E-state index contributed by atoms with van der Waals surface area (Å²) >= 11 is 0. The van der Waals surface area contributed by atoms with Gasteiger partial charge in [-0.1, -0.05) is 37.3 Å². The number of sulfone groups is 1. The Hall–Kier alpha value is -3.73. The first-order valence-corrected chi connectivity index (χ1v) is 16.1. The van der Waals surface area contributed by atoms with Crippen molar-refractivity contribution in [3.05, 3.63) is 83.4 Å². The molecular weight excluding hydrogens is 582 g/mol. The molecule has 4 atom stereocenters. The minimum Gasteiger partial charge on any atom is -0.331 e. The van der Waals surface area contributed by atoms with Gasteiger partial charge in [-0.05, 0) is 84.5 Å². The monoisotopic (exact) mass is 615 g/mol. The fourth-order valence-corrected chi connectivity index (χ4v) is 7.44. The van der Waals surface area contributed by atoms with Gasteiger partial charge in [-0.15, -0.1) is 0 Å². The number of nitrogens with zero attached hydrogens (tertiary/aromatic N) is 2. The van der Waals surface area contributed by atoms with E-state index in [4.69, 9.17) is 0 Å². The summed E-state index contributed by atoms with van der Waals surface area (Å²) in [5.74, 6) is -2.33. The molecule has 1 N–H and O–H groups in total. The molecule has 3 aromatic carbocycles. The maximum absolute atomic E-state index is 14.5. The van der Waals surface area contributed by atoms with Crippen LogP contribution in [0.1, 0.15) is 42.6 Å². The molecule has 1 saturated carbocycles. The van der Waals surface area contributed by atoms with Crippen LogP contribution in [-0.2, 0) is 27.9 Å². The van der Waals surface area contributed by atoms with Crippen LogP contribution in [0.3, 0.4) is 0 Å². The summed E-state index contributed by atoms with van der Waals surface area (Å²) in [6.45, 7) is 3.85. The molecule has 1 aliphatic rings. The first-order valence-electron chi connectivity index (χ1n) is 14.0. The summed E-state index contributed by atoms with van der Waals surface area (Å²) in [5.41, 5.74) is 3.35. The molecule has 0 aliphatic heterocycles. The van der Waals surface area contributed by atoms with Crippen LogP contribution >= 0.6 is 0 Å². The lowest BCUT2D eigenvalue weighted by atomic mass is 9.66. The largest absolute Gasteiger partial charge is 0.416 e. The number of aryl methyl sites for hydroxylation is 2. The quantitative estimate of drug-likeness (QED) is 0.234.